The van der Waals surface area contributed by atoms with Gasteiger partial charge >= 0.3 is 0 Å². The highest BCUT2D eigenvalue weighted by Gasteiger charge is 2.34. The molecule has 1 saturated carbocycles. The third-order valence-corrected chi connectivity index (χ3v) is 4.49. The lowest BCUT2D eigenvalue weighted by molar-refractivity contribution is 1.47. The van der Waals surface area contributed by atoms with Gasteiger partial charge in [0.05, 0.1) is 25.3 Å². The maximum atomic E-state index is 9.33. The number of nitriles is 4. The van der Waals surface area contributed by atoms with Crippen molar-refractivity contribution in [3.63, 3.8) is 0 Å². The predicted octanol–water partition coefficient (Wildman–Crippen LogP) is 1.15. The molecule has 134 valence electrons. The van der Waals surface area contributed by atoms with Crippen molar-refractivity contribution < 1.29 is 0 Å². The van der Waals surface area contributed by atoms with E-state index in [2.05, 4.69) is 9.69 Å². The SMILES string of the molecule is [C-]#[N+]C(C#N)=c1ccc(=C2C(=c3ccc(=C(C#N)C#N)cc3)/C2=C(\C#N)[N+]#[C-])cc1. The molecule has 0 aliphatic heterocycles. The molecule has 1 aliphatic rings. The van der Waals surface area contributed by atoms with E-state index in [1.54, 1.807) is 48.5 Å². The molecule has 2 aromatic rings. The van der Waals surface area contributed by atoms with Crippen LogP contribution in [0.4, 0.5) is 0 Å². The van der Waals surface area contributed by atoms with E-state index in [-0.39, 0.29) is 17.0 Å². The van der Waals surface area contributed by atoms with Crippen LogP contribution in [0.2, 0.25) is 0 Å². The van der Waals surface area contributed by atoms with Gasteiger partial charge in [-0.15, -0.1) is 0 Å². The number of hydrogen-bond acceptors (Lipinski definition) is 4. The molecule has 6 nitrogen and oxygen atoms in total. The molecule has 3 rings (SSSR count). The average Bonchev–Trinajstić information content (AvgIpc) is 3.52. The minimum Gasteiger partial charge on any atom is -0.226 e. The number of nitrogens with zero attached hydrogens (tertiary/aromatic N) is 6. The fourth-order valence-electron chi connectivity index (χ4n) is 3.04. The van der Waals surface area contributed by atoms with Gasteiger partial charge in [-0.25, -0.2) is 20.2 Å². The van der Waals surface area contributed by atoms with E-state index in [0.29, 0.717) is 16.0 Å². The summed E-state index contributed by atoms with van der Waals surface area (Å²) in [6.07, 6.45) is 0. The molecular formula is C24H8N6. The molecule has 1 fully saturated rings. The molecular weight excluding hydrogens is 372 g/mol. The summed E-state index contributed by atoms with van der Waals surface area (Å²) >= 11 is 0. The lowest BCUT2D eigenvalue weighted by atomic mass is 10.1. The van der Waals surface area contributed by atoms with Gasteiger partial charge in [-0.2, -0.15) is 10.5 Å². The fraction of sp³-hybridized carbons (Fsp3) is 0. The Hall–Kier alpha value is -5.40. The smallest absolute Gasteiger partial charge is 0.226 e. The van der Waals surface area contributed by atoms with E-state index < -0.39 is 0 Å². The first-order chi connectivity index (χ1) is 14.6. The number of allylic oxidation sites excluding steroid dienone is 2. The highest BCUT2D eigenvalue weighted by atomic mass is 14.7. The van der Waals surface area contributed by atoms with Crippen molar-refractivity contribution in [3.05, 3.63) is 104 Å². The Balaban J connectivity index is 2.36. The van der Waals surface area contributed by atoms with E-state index in [1.165, 1.54) is 0 Å². The van der Waals surface area contributed by atoms with Crippen molar-refractivity contribution in [2.24, 2.45) is 0 Å². The zero-order chi connectivity index (χ0) is 21.7. The molecule has 0 saturated heterocycles. The van der Waals surface area contributed by atoms with E-state index in [9.17, 15) is 5.26 Å². The summed E-state index contributed by atoms with van der Waals surface area (Å²) in [4.78, 5) is 6.50. The van der Waals surface area contributed by atoms with Crippen LogP contribution in [0.25, 0.3) is 32.1 Å². The largest absolute Gasteiger partial charge is 0.270 e. The normalized spacial score (nSPS) is 12.7. The Kier molecular flexibility index (Phi) is 5.22. The van der Waals surface area contributed by atoms with E-state index >= 15 is 0 Å². The minimum atomic E-state index is -0.0279. The average molecular weight is 380 g/mol. The molecule has 0 unspecified atom stereocenters. The van der Waals surface area contributed by atoms with E-state index in [1.807, 2.05) is 24.3 Å². The van der Waals surface area contributed by atoms with Gasteiger partial charge < -0.3 is 0 Å². The van der Waals surface area contributed by atoms with Gasteiger partial charge in [0.2, 0.25) is 0 Å². The van der Waals surface area contributed by atoms with E-state index in [4.69, 9.17) is 28.9 Å². The van der Waals surface area contributed by atoms with Gasteiger partial charge in [0, 0.05) is 10.8 Å². The summed E-state index contributed by atoms with van der Waals surface area (Å²) < 4.78 is 0. The molecule has 1 aliphatic carbocycles. The zero-order valence-corrected chi connectivity index (χ0v) is 15.3. The minimum absolute atomic E-state index is 0.00105. The third-order valence-electron chi connectivity index (χ3n) is 4.49. The van der Waals surface area contributed by atoms with Gasteiger partial charge in [-0.3, -0.25) is 0 Å². The van der Waals surface area contributed by atoms with Crippen LogP contribution in [0.1, 0.15) is 0 Å². The maximum Gasteiger partial charge on any atom is 0.270 e. The van der Waals surface area contributed by atoms with Gasteiger partial charge in [-0.05, 0) is 26.8 Å². The molecule has 2 aromatic carbocycles. The predicted molar refractivity (Wildman–Crippen MR) is 108 cm³/mol. The van der Waals surface area contributed by atoms with Crippen molar-refractivity contribution in [1.82, 2.24) is 0 Å². The monoisotopic (exact) mass is 380 g/mol. The summed E-state index contributed by atoms with van der Waals surface area (Å²) in [7, 11) is 0. The van der Waals surface area contributed by atoms with Gasteiger partial charge in [0.15, 0.2) is 0 Å². The molecule has 0 atom stereocenters. The molecule has 0 N–H and O–H groups in total. The summed E-state index contributed by atoms with van der Waals surface area (Å²) in [6, 6.07) is 21.0. The summed E-state index contributed by atoms with van der Waals surface area (Å²) in [5.41, 5.74) is 1.99. The Morgan fingerprint density at radius 1 is 0.600 bits per heavy atom. The van der Waals surface area contributed by atoms with Crippen molar-refractivity contribution in [2.45, 2.75) is 0 Å². The van der Waals surface area contributed by atoms with Crippen molar-refractivity contribution in [3.8, 4) is 24.3 Å². The second-order valence-corrected chi connectivity index (χ2v) is 6.02. The summed E-state index contributed by atoms with van der Waals surface area (Å²) in [5.74, 6) is 0. The Morgan fingerprint density at radius 2 is 1.03 bits per heavy atom. The molecule has 30 heavy (non-hydrogen) atoms. The Labute approximate surface area is 171 Å². The molecule has 0 amide bonds. The van der Waals surface area contributed by atoms with Crippen LogP contribution in [-0.2, 0) is 0 Å². The van der Waals surface area contributed by atoms with Crippen molar-refractivity contribution in [1.29, 1.82) is 21.0 Å². The maximum absolute atomic E-state index is 9.33. The summed E-state index contributed by atoms with van der Waals surface area (Å²) in [5, 5.41) is 38.8. The fourth-order valence-corrected chi connectivity index (χ4v) is 3.04. The molecule has 0 radical (unpaired) electrons. The van der Waals surface area contributed by atoms with Gasteiger partial charge in [0.1, 0.15) is 17.7 Å². The molecule has 0 aromatic heterocycles. The van der Waals surface area contributed by atoms with Crippen LogP contribution in [0.5, 0.6) is 0 Å². The highest BCUT2D eigenvalue weighted by Crippen LogP contribution is 2.48. The molecule has 0 spiro atoms. The van der Waals surface area contributed by atoms with E-state index in [0.717, 1.165) is 21.6 Å². The first-order valence-electron chi connectivity index (χ1n) is 8.43. The highest BCUT2D eigenvalue weighted by molar-refractivity contribution is 6.29. The topological polar surface area (TPSA) is 104 Å². The number of benzene rings is 2. The van der Waals surface area contributed by atoms with Crippen molar-refractivity contribution in [2.75, 3.05) is 0 Å². The van der Waals surface area contributed by atoms with Crippen molar-refractivity contribution >= 4 is 22.4 Å². The second-order valence-electron chi connectivity index (χ2n) is 6.02. The lowest BCUT2D eigenvalue weighted by Crippen LogP contribution is -2.10. The lowest BCUT2D eigenvalue weighted by Gasteiger charge is -1.88. The number of hydrogen-bond donors (Lipinski definition) is 0. The standard InChI is InChI=1S/C24H8N6/c1-29-20(13-27)16-5-9-18(10-6-16)23-22(24(23)21(14-28)30-2)17-7-3-15(4-8-17)19(11-25)12-26/h3-10H/b20-16?,23-18?,24-21-. The quantitative estimate of drug-likeness (QED) is 0.505. The first kappa shape index (κ1) is 19.4. The van der Waals surface area contributed by atoms with Crippen LogP contribution in [0, 0.1) is 58.5 Å². The third kappa shape index (κ3) is 3.29. The second kappa shape index (κ2) is 8.09. The molecule has 0 bridgehead atoms. The zero-order valence-electron chi connectivity index (χ0n) is 15.3. The van der Waals surface area contributed by atoms with Crippen LogP contribution >= 0.6 is 0 Å². The van der Waals surface area contributed by atoms with Crippen LogP contribution in [0.3, 0.4) is 0 Å². The van der Waals surface area contributed by atoms with Crippen LogP contribution in [0.15, 0.2) is 59.8 Å². The molecule has 6 heteroatoms. The first-order valence-corrected chi connectivity index (χ1v) is 8.43. The van der Waals surface area contributed by atoms with Crippen LogP contribution in [-0.4, -0.2) is 0 Å². The summed E-state index contributed by atoms with van der Waals surface area (Å²) in [6.45, 7) is 14.3. The van der Waals surface area contributed by atoms with Crippen LogP contribution < -0.4 is 20.9 Å². The Morgan fingerprint density at radius 3 is 1.40 bits per heavy atom. The number of rotatable bonds is 0. The van der Waals surface area contributed by atoms with Gasteiger partial charge in [-0.1, -0.05) is 48.5 Å². The Bertz CT molecular complexity index is 1440. The molecule has 0 heterocycles. The van der Waals surface area contributed by atoms with Gasteiger partial charge in [0.25, 0.3) is 11.4 Å².